The van der Waals surface area contributed by atoms with E-state index in [-0.39, 0.29) is 23.3 Å². The van der Waals surface area contributed by atoms with Crippen molar-refractivity contribution in [2.75, 3.05) is 11.9 Å². The van der Waals surface area contributed by atoms with Crippen LogP contribution in [0, 0.1) is 5.92 Å². The second kappa shape index (κ2) is 4.72. The SMILES string of the molecule is CC1OCCC1C(=O)Nc1cc(C(C)(C)C)[nH]n1. The number of hydrogen-bond acceptors (Lipinski definition) is 3. The van der Waals surface area contributed by atoms with Crippen molar-refractivity contribution in [2.45, 2.75) is 45.6 Å². The fourth-order valence-corrected chi connectivity index (χ4v) is 2.06. The van der Waals surface area contributed by atoms with Gasteiger partial charge in [0.15, 0.2) is 5.82 Å². The van der Waals surface area contributed by atoms with E-state index in [1.54, 1.807) is 0 Å². The van der Waals surface area contributed by atoms with E-state index in [1.165, 1.54) is 0 Å². The summed E-state index contributed by atoms with van der Waals surface area (Å²) in [6.07, 6.45) is 0.773. The molecule has 0 radical (unpaired) electrons. The Bertz CT molecular complexity index is 434. The Morgan fingerprint density at radius 3 is 2.78 bits per heavy atom. The summed E-state index contributed by atoms with van der Waals surface area (Å²) in [6.45, 7) is 8.88. The average Bonchev–Trinajstić information content (AvgIpc) is 2.85. The summed E-state index contributed by atoms with van der Waals surface area (Å²) in [4.78, 5) is 12.0. The first-order valence-corrected chi connectivity index (χ1v) is 6.36. The Balaban J connectivity index is 2.01. The highest BCUT2D eigenvalue weighted by molar-refractivity contribution is 5.92. The third-order valence-corrected chi connectivity index (χ3v) is 3.35. The van der Waals surface area contributed by atoms with Crippen LogP contribution in [0.4, 0.5) is 5.82 Å². The summed E-state index contributed by atoms with van der Waals surface area (Å²) in [5, 5.41) is 9.92. The van der Waals surface area contributed by atoms with Gasteiger partial charge in [-0.3, -0.25) is 9.89 Å². The number of aromatic amines is 1. The second-order valence-electron chi connectivity index (χ2n) is 5.88. The summed E-state index contributed by atoms with van der Waals surface area (Å²) in [5.41, 5.74) is 1.01. The van der Waals surface area contributed by atoms with Gasteiger partial charge in [0.2, 0.25) is 5.91 Å². The zero-order chi connectivity index (χ0) is 13.3. The van der Waals surface area contributed by atoms with E-state index in [2.05, 4.69) is 36.3 Å². The zero-order valence-corrected chi connectivity index (χ0v) is 11.4. The molecule has 100 valence electrons. The van der Waals surface area contributed by atoms with Crippen molar-refractivity contribution in [3.05, 3.63) is 11.8 Å². The molecule has 1 aromatic rings. The van der Waals surface area contributed by atoms with Crippen molar-refractivity contribution in [3.63, 3.8) is 0 Å². The Morgan fingerprint density at radius 2 is 2.28 bits per heavy atom. The van der Waals surface area contributed by atoms with Crippen LogP contribution < -0.4 is 5.32 Å². The first kappa shape index (κ1) is 13.1. The number of carbonyl (C=O) groups is 1. The van der Waals surface area contributed by atoms with E-state index in [0.717, 1.165) is 12.1 Å². The van der Waals surface area contributed by atoms with Crippen LogP contribution >= 0.6 is 0 Å². The maximum Gasteiger partial charge on any atom is 0.231 e. The third-order valence-electron chi connectivity index (χ3n) is 3.35. The quantitative estimate of drug-likeness (QED) is 0.845. The monoisotopic (exact) mass is 251 g/mol. The van der Waals surface area contributed by atoms with Crippen molar-refractivity contribution in [3.8, 4) is 0 Å². The van der Waals surface area contributed by atoms with Gasteiger partial charge < -0.3 is 10.1 Å². The van der Waals surface area contributed by atoms with Gasteiger partial charge in [0.05, 0.1) is 12.0 Å². The molecule has 2 N–H and O–H groups in total. The van der Waals surface area contributed by atoms with Crippen LogP contribution in [0.2, 0.25) is 0 Å². The fraction of sp³-hybridized carbons (Fsp3) is 0.692. The number of amides is 1. The molecule has 2 unspecified atom stereocenters. The number of ether oxygens (including phenoxy) is 1. The molecule has 1 aliphatic rings. The molecule has 2 rings (SSSR count). The van der Waals surface area contributed by atoms with E-state index in [0.29, 0.717) is 12.4 Å². The summed E-state index contributed by atoms with van der Waals surface area (Å²) >= 11 is 0. The minimum atomic E-state index is -0.0696. The lowest BCUT2D eigenvalue weighted by Crippen LogP contribution is -2.27. The van der Waals surface area contributed by atoms with E-state index in [9.17, 15) is 4.79 Å². The van der Waals surface area contributed by atoms with Gasteiger partial charge in [-0.1, -0.05) is 20.8 Å². The predicted molar refractivity (Wildman–Crippen MR) is 69.4 cm³/mol. The molecule has 1 aliphatic heterocycles. The summed E-state index contributed by atoms with van der Waals surface area (Å²) in [7, 11) is 0. The molecule has 1 saturated heterocycles. The summed E-state index contributed by atoms with van der Waals surface area (Å²) < 4.78 is 5.39. The molecule has 0 spiro atoms. The van der Waals surface area contributed by atoms with Crippen molar-refractivity contribution in [1.82, 2.24) is 10.2 Å². The molecule has 0 saturated carbocycles. The molecular weight excluding hydrogens is 230 g/mol. The third kappa shape index (κ3) is 2.72. The normalized spacial score (nSPS) is 24.2. The number of anilines is 1. The van der Waals surface area contributed by atoms with Gasteiger partial charge >= 0.3 is 0 Å². The summed E-state index contributed by atoms with van der Waals surface area (Å²) in [5.74, 6) is 0.510. The Hall–Kier alpha value is -1.36. The molecular formula is C13H21N3O2. The number of nitrogens with zero attached hydrogens (tertiary/aromatic N) is 1. The van der Waals surface area contributed by atoms with Crippen LogP contribution in [0.1, 0.15) is 39.8 Å². The standard InChI is InChI=1S/C13H21N3O2/c1-8-9(5-6-18-8)12(17)14-11-7-10(15-16-11)13(2,3)4/h7-9H,5-6H2,1-4H3,(H2,14,15,16,17). The van der Waals surface area contributed by atoms with Gasteiger partial charge in [0, 0.05) is 23.8 Å². The smallest absolute Gasteiger partial charge is 0.231 e. The number of aromatic nitrogens is 2. The van der Waals surface area contributed by atoms with Crippen molar-refractivity contribution < 1.29 is 9.53 Å². The minimum absolute atomic E-state index is 0.000259. The number of H-pyrrole nitrogens is 1. The Labute approximate surface area is 107 Å². The maximum absolute atomic E-state index is 12.0. The zero-order valence-electron chi connectivity index (χ0n) is 11.4. The molecule has 2 atom stereocenters. The minimum Gasteiger partial charge on any atom is -0.378 e. The highest BCUT2D eigenvalue weighted by atomic mass is 16.5. The van der Waals surface area contributed by atoms with Crippen molar-refractivity contribution >= 4 is 11.7 Å². The van der Waals surface area contributed by atoms with Crippen LogP contribution in [-0.2, 0) is 14.9 Å². The average molecular weight is 251 g/mol. The van der Waals surface area contributed by atoms with Gasteiger partial charge in [-0.2, -0.15) is 5.10 Å². The van der Waals surface area contributed by atoms with Gasteiger partial charge in [0.25, 0.3) is 0 Å². The number of carbonyl (C=O) groups excluding carboxylic acids is 1. The second-order valence-corrected chi connectivity index (χ2v) is 5.88. The first-order valence-electron chi connectivity index (χ1n) is 6.36. The fourth-order valence-electron chi connectivity index (χ4n) is 2.06. The predicted octanol–water partition coefficient (Wildman–Crippen LogP) is 2.07. The molecule has 0 aliphatic carbocycles. The molecule has 5 heteroatoms. The molecule has 18 heavy (non-hydrogen) atoms. The van der Waals surface area contributed by atoms with Gasteiger partial charge in [-0.25, -0.2) is 0 Å². The van der Waals surface area contributed by atoms with E-state index < -0.39 is 0 Å². The number of nitrogens with one attached hydrogen (secondary N) is 2. The molecule has 1 amide bonds. The molecule has 5 nitrogen and oxygen atoms in total. The highest BCUT2D eigenvalue weighted by Crippen LogP contribution is 2.24. The van der Waals surface area contributed by atoms with Gasteiger partial charge in [-0.15, -0.1) is 0 Å². The van der Waals surface area contributed by atoms with Crippen LogP contribution in [0.5, 0.6) is 0 Å². The van der Waals surface area contributed by atoms with E-state index >= 15 is 0 Å². The van der Waals surface area contributed by atoms with Crippen LogP contribution in [0.15, 0.2) is 6.07 Å². The first-order chi connectivity index (χ1) is 8.38. The number of hydrogen-bond donors (Lipinski definition) is 2. The van der Waals surface area contributed by atoms with Crippen molar-refractivity contribution in [1.29, 1.82) is 0 Å². The van der Waals surface area contributed by atoms with Crippen molar-refractivity contribution in [2.24, 2.45) is 5.92 Å². The van der Waals surface area contributed by atoms with E-state index in [4.69, 9.17) is 4.74 Å². The van der Waals surface area contributed by atoms with Crippen LogP contribution in [0.25, 0.3) is 0 Å². The lowest BCUT2D eigenvalue weighted by Gasteiger charge is -2.15. The van der Waals surface area contributed by atoms with Gasteiger partial charge in [0.1, 0.15) is 0 Å². The molecule has 0 bridgehead atoms. The largest absolute Gasteiger partial charge is 0.378 e. The van der Waals surface area contributed by atoms with Crippen LogP contribution in [-0.4, -0.2) is 28.8 Å². The maximum atomic E-state index is 12.0. The summed E-state index contributed by atoms with van der Waals surface area (Å²) in [6, 6.07) is 1.89. The molecule has 1 fully saturated rings. The highest BCUT2D eigenvalue weighted by Gasteiger charge is 2.31. The lowest BCUT2D eigenvalue weighted by molar-refractivity contribution is -0.121. The Kier molecular flexibility index (Phi) is 3.43. The van der Waals surface area contributed by atoms with Crippen LogP contribution in [0.3, 0.4) is 0 Å². The lowest BCUT2D eigenvalue weighted by atomic mass is 9.92. The molecule has 0 aromatic carbocycles. The number of rotatable bonds is 2. The van der Waals surface area contributed by atoms with E-state index in [1.807, 2.05) is 13.0 Å². The topological polar surface area (TPSA) is 67.0 Å². The molecule has 1 aromatic heterocycles. The Morgan fingerprint density at radius 1 is 1.56 bits per heavy atom. The van der Waals surface area contributed by atoms with Gasteiger partial charge in [-0.05, 0) is 13.3 Å². The molecule has 2 heterocycles.